The van der Waals surface area contributed by atoms with Gasteiger partial charge in [-0.25, -0.2) is 8.42 Å². The first-order valence-electron chi connectivity index (χ1n) is 6.89. The Bertz CT molecular complexity index is 670. The van der Waals surface area contributed by atoms with Gasteiger partial charge < -0.3 is 10.6 Å². The van der Waals surface area contributed by atoms with E-state index < -0.39 is 22.0 Å². The van der Waals surface area contributed by atoms with Crippen LogP contribution in [0, 0.1) is 6.92 Å². The zero-order valence-corrected chi connectivity index (χ0v) is 13.3. The van der Waals surface area contributed by atoms with E-state index in [1.54, 1.807) is 24.3 Å². The fourth-order valence-corrected chi connectivity index (χ4v) is 3.07. The summed E-state index contributed by atoms with van der Waals surface area (Å²) >= 11 is 0. The Morgan fingerprint density at radius 3 is 2.50 bits per heavy atom. The Labute approximate surface area is 129 Å². The molecule has 1 saturated heterocycles. The average Bonchev–Trinajstić information content (AvgIpc) is 2.82. The monoisotopic (exact) mass is 325 g/mol. The number of hydrogen-bond donors (Lipinski definition) is 2. The molecule has 1 unspecified atom stereocenters. The van der Waals surface area contributed by atoms with Gasteiger partial charge in [-0.05, 0) is 25.5 Å². The van der Waals surface area contributed by atoms with Crippen molar-refractivity contribution < 1.29 is 18.0 Å². The van der Waals surface area contributed by atoms with Crippen LogP contribution in [-0.2, 0) is 19.6 Å². The minimum Gasteiger partial charge on any atom is -0.354 e. The van der Waals surface area contributed by atoms with E-state index in [0.717, 1.165) is 16.1 Å². The van der Waals surface area contributed by atoms with Gasteiger partial charge >= 0.3 is 0 Å². The molecule has 8 heteroatoms. The molecule has 2 N–H and O–H groups in total. The highest BCUT2D eigenvalue weighted by Gasteiger charge is 2.27. The van der Waals surface area contributed by atoms with Crippen molar-refractivity contribution >= 4 is 27.5 Å². The second-order valence-corrected chi connectivity index (χ2v) is 7.21. The molecule has 1 fully saturated rings. The number of amides is 2. The molecule has 22 heavy (non-hydrogen) atoms. The summed E-state index contributed by atoms with van der Waals surface area (Å²) in [6, 6.07) is 6.25. The summed E-state index contributed by atoms with van der Waals surface area (Å²) in [4.78, 5) is 23.5. The van der Waals surface area contributed by atoms with Crippen molar-refractivity contribution in [1.82, 2.24) is 10.6 Å². The number of hydrogen-bond acceptors (Lipinski definition) is 4. The van der Waals surface area contributed by atoms with Crippen LogP contribution in [0.5, 0.6) is 0 Å². The summed E-state index contributed by atoms with van der Waals surface area (Å²) in [6.45, 7) is 2.04. The minimum absolute atomic E-state index is 0.241. The van der Waals surface area contributed by atoms with E-state index >= 15 is 0 Å². The average molecular weight is 325 g/mol. The molecular formula is C14H19N3O4S. The lowest BCUT2D eigenvalue weighted by Crippen LogP contribution is -2.46. The zero-order valence-electron chi connectivity index (χ0n) is 12.5. The zero-order chi connectivity index (χ0) is 16.3. The quantitative estimate of drug-likeness (QED) is 0.781. The normalized spacial score (nSPS) is 17.9. The first kappa shape index (κ1) is 16.3. The lowest BCUT2D eigenvalue weighted by molar-refractivity contribution is -0.126. The summed E-state index contributed by atoms with van der Waals surface area (Å²) in [5.41, 5.74) is 1.41. The van der Waals surface area contributed by atoms with Crippen molar-refractivity contribution in [3.05, 3.63) is 29.8 Å². The maximum Gasteiger partial charge on any atom is 0.242 e. The van der Waals surface area contributed by atoms with Gasteiger partial charge in [-0.1, -0.05) is 17.7 Å². The fourth-order valence-electron chi connectivity index (χ4n) is 2.21. The molecule has 1 heterocycles. The lowest BCUT2D eigenvalue weighted by atomic mass is 10.2. The summed E-state index contributed by atoms with van der Waals surface area (Å²) in [5, 5.41) is 5.17. The Balaban J connectivity index is 2.12. The third kappa shape index (κ3) is 3.97. The topological polar surface area (TPSA) is 95.6 Å². The SMILES string of the molecule is Cc1ccc(N(CC(=O)NC2CCNC2=O)S(C)(=O)=O)cc1. The molecule has 0 aliphatic carbocycles. The van der Waals surface area contributed by atoms with Crippen LogP contribution in [0.2, 0.25) is 0 Å². The largest absolute Gasteiger partial charge is 0.354 e. The third-order valence-electron chi connectivity index (χ3n) is 3.39. The van der Waals surface area contributed by atoms with Crippen LogP contribution >= 0.6 is 0 Å². The molecule has 120 valence electrons. The van der Waals surface area contributed by atoms with Gasteiger partial charge in [0.15, 0.2) is 0 Å². The Morgan fingerprint density at radius 2 is 2.00 bits per heavy atom. The van der Waals surface area contributed by atoms with Gasteiger partial charge in [-0.2, -0.15) is 0 Å². The molecule has 7 nitrogen and oxygen atoms in total. The van der Waals surface area contributed by atoms with Crippen molar-refractivity contribution in [2.45, 2.75) is 19.4 Å². The van der Waals surface area contributed by atoms with E-state index in [9.17, 15) is 18.0 Å². The maximum atomic E-state index is 12.0. The number of rotatable bonds is 5. The van der Waals surface area contributed by atoms with Crippen LogP contribution < -0.4 is 14.9 Å². The van der Waals surface area contributed by atoms with E-state index in [-0.39, 0.29) is 12.5 Å². The predicted octanol–water partition coefficient (Wildman–Crippen LogP) is -0.234. The van der Waals surface area contributed by atoms with Crippen molar-refractivity contribution in [2.24, 2.45) is 0 Å². The van der Waals surface area contributed by atoms with Crippen LogP contribution in [0.25, 0.3) is 0 Å². The molecule has 1 aliphatic rings. The summed E-state index contributed by atoms with van der Waals surface area (Å²) in [5.74, 6) is -0.748. The van der Waals surface area contributed by atoms with Crippen molar-refractivity contribution in [2.75, 3.05) is 23.7 Å². The standard InChI is InChI=1S/C14H19N3O4S/c1-10-3-5-11(6-4-10)17(22(2,20)21)9-13(18)16-12-7-8-15-14(12)19/h3-6,12H,7-9H2,1-2H3,(H,15,19)(H,16,18). The number of aryl methyl sites for hydroxylation is 1. The highest BCUT2D eigenvalue weighted by molar-refractivity contribution is 7.92. The highest BCUT2D eigenvalue weighted by Crippen LogP contribution is 2.17. The molecule has 0 radical (unpaired) electrons. The maximum absolute atomic E-state index is 12.0. The minimum atomic E-state index is -3.60. The fraction of sp³-hybridized carbons (Fsp3) is 0.429. The third-order valence-corrected chi connectivity index (χ3v) is 4.53. The second kappa shape index (κ2) is 6.35. The molecule has 0 saturated carbocycles. The molecule has 1 aromatic carbocycles. The molecule has 0 aromatic heterocycles. The van der Waals surface area contributed by atoms with Gasteiger partial charge in [0.1, 0.15) is 12.6 Å². The number of nitrogens with zero attached hydrogens (tertiary/aromatic N) is 1. The lowest BCUT2D eigenvalue weighted by Gasteiger charge is -2.22. The van der Waals surface area contributed by atoms with Gasteiger partial charge in [0.2, 0.25) is 21.8 Å². The number of sulfonamides is 1. The first-order chi connectivity index (χ1) is 10.3. The van der Waals surface area contributed by atoms with Crippen molar-refractivity contribution in [3.8, 4) is 0 Å². The van der Waals surface area contributed by atoms with Crippen LogP contribution in [0.15, 0.2) is 24.3 Å². The Hall–Kier alpha value is -2.09. The molecule has 1 atom stereocenters. The van der Waals surface area contributed by atoms with Crippen molar-refractivity contribution in [1.29, 1.82) is 0 Å². The van der Waals surface area contributed by atoms with E-state index in [1.165, 1.54) is 0 Å². The summed E-state index contributed by atoms with van der Waals surface area (Å²) in [7, 11) is -3.60. The number of benzene rings is 1. The molecule has 2 amide bonds. The molecule has 0 spiro atoms. The van der Waals surface area contributed by atoms with E-state index in [1.807, 2.05) is 6.92 Å². The molecule has 1 aromatic rings. The van der Waals surface area contributed by atoms with E-state index in [0.29, 0.717) is 18.7 Å². The van der Waals surface area contributed by atoms with E-state index in [2.05, 4.69) is 10.6 Å². The number of carbonyl (C=O) groups excluding carboxylic acids is 2. The summed E-state index contributed by atoms with van der Waals surface area (Å²) < 4.78 is 24.9. The summed E-state index contributed by atoms with van der Waals surface area (Å²) in [6.07, 6.45) is 1.55. The van der Waals surface area contributed by atoms with Gasteiger partial charge in [-0.3, -0.25) is 13.9 Å². The van der Waals surface area contributed by atoms with Crippen LogP contribution in [0.4, 0.5) is 5.69 Å². The Kier molecular flexibility index (Phi) is 4.70. The first-order valence-corrected chi connectivity index (χ1v) is 8.73. The Morgan fingerprint density at radius 1 is 1.36 bits per heavy atom. The molecule has 2 rings (SSSR count). The van der Waals surface area contributed by atoms with Crippen LogP contribution in [-0.4, -0.2) is 45.6 Å². The van der Waals surface area contributed by atoms with Crippen molar-refractivity contribution in [3.63, 3.8) is 0 Å². The number of anilines is 1. The smallest absolute Gasteiger partial charge is 0.242 e. The molecule has 0 bridgehead atoms. The van der Waals surface area contributed by atoms with Gasteiger partial charge in [-0.15, -0.1) is 0 Å². The second-order valence-electron chi connectivity index (χ2n) is 5.30. The van der Waals surface area contributed by atoms with Gasteiger partial charge in [0, 0.05) is 6.54 Å². The molecular weight excluding hydrogens is 306 g/mol. The van der Waals surface area contributed by atoms with Gasteiger partial charge in [0.05, 0.1) is 11.9 Å². The predicted molar refractivity (Wildman–Crippen MR) is 82.9 cm³/mol. The number of carbonyl (C=O) groups is 2. The molecule has 1 aliphatic heterocycles. The number of nitrogens with one attached hydrogen (secondary N) is 2. The highest BCUT2D eigenvalue weighted by atomic mass is 32.2. The van der Waals surface area contributed by atoms with Gasteiger partial charge in [0.25, 0.3) is 0 Å². The van der Waals surface area contributed by atoms with Crippen LogP contribution in [0.1, 0.15) is 12.0 Å². The van der Waals surface area contributed by atoms with Crippen LogP contribution in [0.3, 0.4) is 0 Å². The van der Waals surface area contributed by atoms with E-state index in [4.69, 9.17) is 0 Å².